The first-order valence-electron chi connectivity index (χ1n) is 6.23. The number of aromatic amines is 1. The third kappa shape index (κ3) is 1.74. The van der Waals surface area contributed by atoms with Gasteiger partial charge in [-0.1, -0.05) is 0 Å². The molecule has 0 bridgehead atoms. The molecule has 3 nitrogen and oxygen atoms in total. The van der Waals surface area contributed by atoms with Gasteiger partial charge in [-0.15, -0.1) is 11.8 Å². The van der Waals surface area contributed by atoms with Gasteiger partial charge < -0.3 is 0 Å². The lowest BCUT2D eigenvalue weighted by molar-refractivity contribution is 0.624. The Kier molecular flexibility index (Phi) is 2.60. The SMILES string of the molecule is Fc1ccc2c(c1)SCc1c(-c3cccnc3)n[nH]c1-2. The summed E-state index contributed by atoms with van der Waals surface area (Å²) in [5.41, 5.74) is 5.08. The fourth-order valence-electron chi connectivity index (χ4n) is 2.44. The average Bonchev–Trinajstić information content (AvgIpc) is 2.92. The molecule has 0 aliphatic carbocycles. The van der Waals surface area contributed by atoms with Crippen molar-refractivity contribution in [1.29, 1.82) is 0 Å². The average molecular weight is 283 g/mol. The summed E-state index contributed by atoms with van der Waals surface area (Å²) < 4.78 is 13.3. The Morgan fingerprint density at radius 2 is 2.20 bits per heavy atom. The number of hydrogen-bond donors (Lipinski definition) is 1. The summed E-state index contributed by atoms with van der Waals surface area (Å²) in [5, 5.41) is 7.50. The lowest BCUT2D eigenvalue weighted by Crippen LogP contribution is -1.96. The van der Waals surface area contributed by atoms with Crippen LogP contribution in [0, 0.1) is 5.82 Å². The molecule has 5 heteroatoms. The molecule has 0 radical (unpaired) electrons. The molecule has 4 rings (SSSR count). The summed E-state index contributed by atoms with van der Waals surface area (Å²) in [5.74, 6) is 0.582. The molecule has 3 aromatic rings. The van der Waals surface area contributed by atoms with Crippen molar-refractivity contribution in [2.24, 2.45) is 0 Å². The normalized spacial score (nSPS) is 12.8. The second-order valence-corrected chi connectivity index (χ2v) is 5.61. The molecule has 98 valence electrons. The number of thioether (sulfide) groups is 1. The number of benzene rings is 1. The number of H-pyrrole nitrogens is 1. The van der Waals surface area contributed by atoms with Gasteiger partial charge in [0.15, 0.2) is 0 Å². The summed E-state index contributed by atoms with van der Waals surface area (Å²) in [6.45, 7) is 0. The first-order chi connectivity index (χ1) is 9.83. The minimum Gasteiger partial charge on any atom is -0.277 e. The topological polar surface area (TPSA) is 41.6 Å². The summed E-state index contributed by atoms with van der Waals surface area (Å²) >= 11 is 1.64. The maximum Gasteiger partial charge on any atom is 0.124 e. The van der Waals surface area contributed by atoms with Crippen molar-refractivity contribution in [3.05, 3.63) is 54.1 Å². The third-order valence-electron chi connectivity index (χ3n) is 3.39. The fraction of sp³-hybridized carbons (Fsp3) is 0.0667. The summed E-state index contributed by atoms with van der Waals surface area (Å²) in [6.07, 6.45) is 3.55. The monoisotopic (exact) mass is 283 g/mol. The van der Waals surface area contributed by atoms with E-state index in [1.54, 1.807) is 36.3 Å². The number of nitrogens with one attached hydrogen (secondary N) is 1. The van der Waals surface area contributed by atoms with Crippen LogP contribution in [-0.4, -0.2) is 15.2 Å². The smallest absolute Gasteiger partial charge is 0.124 e. The summed E-state index contributed by atoms with van der Waals surface area (Å²) in [4.78, 5) is 5.09. The van der Waals surface area contributed by atoms with Gasteiger partial charge in [0, 0.05) is 39.7 Å². The van der Waals surface area contributed by atoms with E-state index in [4.69, 9.17) is 0 Å². The molecule has 0 spiro atoms. The highest BCUT2D eigenvalue weighted by Crippen LogP contribution is 2.43. The molecule has 0 fully saturated rings. The predicted molar refractivity (Wildman–Crippen MR) is 76.8 cm³/mol. The summed E-state index contributed by atoms with van der Waals surface area (Å²) in [6, 6.07) is 8.76. The molecule has 0 unspecified atom stereocenters. The lowest BCUT2D eigenvalue weighted by atomic mass is 10.0. The highest BCUT2D eigenvalue weighted by atomic mass is 32.2. The van der Waals surface area contributed by atoms with Gasteiger partial charge in [0.2, 0.25) is 0 Å². The van der Waals surface area contributed by atoms with Gasteiger partial charge in [-0.05, 0) is 30.3 Å². The number of halogens is 1. The molecule has 1 aliphatic rings. The minimum absolute atomic E-state index is 0.202. The van der Waals surface area contributed by atoms with E-state index in [0.717, 1.165) is 38.7 Å². The maximum atomic E-state index is 13.3. The molecule has 0 atom stereocenters. The Labute approximate surface area is 119 Å². The molecule has 1 aromatic carbocycles. The van der Waals surface area contributed by atoms with Crippen molar-refractivity contribution in [3.63, 3.8) is 0 Å². The van der Waals surface area contributed by atoms with Gasteiger partial charge in [0.1, 0.15) is 5.82 Å². The van der Waals surface area contributed by atoms with Gasteiger partial charge in [-0.3, -0.25) is 10.1 Å². The Balaban J connectivity index is 1.89. The van der Waals surface area contributed by atoms with Crippen LogP contribution in [0.3, 0.4) is 0 Å². The second-order valence-electron chi connectivity index (χ2n) is 4.60. The minimum atomic E-state index is -0.202. The molecule has 1 aliphatic heterocycles. The van der Waals surface area contributed by atoms with Crippen LogP contribution in [0.15, 0.2) is 47.6 Å². The van der Waals surface area contributed by atoms with Gasteiger partial charge >= 0.3 is 0 Å². The maximum absolute atomic E-state index is 13.3. The number of fused-ring (bicyclic) bond motifs is 3. The van der Waals surface area contributed by atoms with Crippen molar-refractivity contribution in [2.45, 2.75) is 10.6 Å². The molecule has 0 amide bonds. The molecule has 20 heavy (non-hydrogen) atoms. The Hall–Kier alpha value is -2.14. The van der Waals surface area contributed by atoms with Crippen molar-refractivity contribution in [2.75, 3.05) is 0 Å². The first-order valence-corrected chi connectivity index (χ1v) is 7.22. The zero-order valence-electron chi connectivity index (χ0n) is 10.4. The van der Waals surface area contributed by atoms with Gasteiger partial charge in [-0.25, -0.2) is 4.39 Å². The molecule has 0 saturated heterocycles. The molecule has 0 saturated carbocycles. The van der Waals surface area contributed by atoms with Crippen molar-refractivity contribution >= 4 is 11.8 Å². The highest BCUT2D eigenvalue weighted by Gasteiger charge is 2.23. The van der Waals surface area contributed by atoms with Crippen LogP contribution in [0.4, 0.5) is 4.39 Å². The van der Waals surface area contributed by atoms with Crippen molar-refractivity contribution in [3.8, 4) is 22.5 Å². The number of hydrogen-bond acceptors (Lipinski definition) is 3. The van der Waals surface area contributed by atoms with Crippen LogP contribution in [0.2, 0.25) is 0 Å². The van der Waals surface area contributed by atoms with E-state index in [1.807, 2.05) is 12.1 Å². The quantitative estimate of drug-likeness (QED) is 0.736. The lowest BCUT2D eigenvalue weighted by Gasteiger charge is -2.15. The van der Waals surface area contributed by atoms with Crippen LogP contribution in [0.25, 0.3) is 22.5 Å². The van der Waals surface area contributed by atoms with Crippen LogP contribution in [0.1, 0.15) is 5.56 Å². The zero-order chi connectivity index (χ0) is 13.5. The van der Waals surface area contributed by atoms with Crippen molar-refractivity contribution in [1.82, 2.24) is 15.2 Å². The van der Waals surface area contributed by atoms with Crippen molar-refractivity contribution < 1.29 is 4.39 Å². The van der Waals surface area contributed by atoms with Gasteiger partial charge in [0.25, 0.3) is 0 Å². The van der Waals surface area contributed by atoms with E-state index in [0.29, 0.717) is 0 Å². The molecule has 3 heterocycles. The zero-order valence-corrected chi connectivity index (χ0v) is 11.2. The van der Waals surface area contributed by atoms with E-state index in [9.17, 15) is 4.39 Å². The number of aromatic nitrogens is 3. The first kappa shape index (κ1) is 11.7. The van der Waals surface area contributed by atoms with E-state index in [2.05, 4.69) is 15.2 Å². The third-order valence-corrected chi connectivity index (χ3v) is 4.47. The van der Waals surface area contributed by atoms with E-state index in [-0.39, 0.29) is 5.82 Å². The molecular formula is C15H10FN3S. The second kappa shape index (κ2) is 4.45. The fourth-order valence-corrected chi connectivity index (χ4v) is 3.54. The van der Waals surface area contributed by atoms with Crippen LogP contribution >= 0.6 is 11.8 Å². The highest BCUT2D eigenvalue weighted by molar-refractivity contribution is 7.98. The predicted octanol–water partition coefficient (Wildman–Crippen LogP) is 3.88. The van der Waals surface area contributed by atoms with E-state index in [1.165, 1.54) is 6.07 Å². The Morgan fingerprint density at radius 3 is 3.05 bits per heavy atom. The van der Waals surface area contributed by atoms with Crippen LogP contribution < -0.4 is 0 Å². The molecule has 2 aromatic heterocycles. The molecular weight excluding hydrogens is 273 g/mol. The largest absolute Gasteiger partial charge is 0.277 e. The standard InChI is InChI=1S/C15H10FN3S/c16-10-3-4-11-13(6-10)20-8-12-14(18-19-15(11)12)9-2-1-5-17-7-9/h1-7H,8H2,(H,18,19). The Bertz CT molecular complexity index is 783. The number of nitrogens with zero attached hydrogens (tertiary/aromatic N) is 2. The van der Waals surface area contributed by atoms with E-state index < -0.39 is 0 Å². The summed E-state index contributed by atoms with van der Waals surface area (Å²) in [7, 11) is 0. The number of pyridine rings is 1. The molecule has 1 N–H and O–H groups in total. The van der Waals surface area contributed by atoms with Crippen LogP contribution in [-0.2, 0) is 5.75 Å². The van der Waals surface area contributed by atoms with Crippen LogP contribution in [0.5, 0.6) is 0 Å². The van der Waals surface area contributed by atoms with Gasteiger partial charge in [-0.2, -0.15) is 5.10 Å². The number of rotatable bonds is 1. The Morgan fingerprint density at radius 1 is 1.25 bits per heavy atom. The van der Waals surface area contributed by atoms with E-state index >= 15 is 0 Å². The van der Waals surface area contributed by atoms with Gasteiger partial charge in [0.05, 0.1) is 11.4 Å².